The SMILES string of the molecule is O=C(N1CCC2(CC1)CNC2)N(Cc1ccc(-c2nnc(C(F)(F)F)o2)cc1)c1ccccc1. The number of piperidine rings is 1. The van der Waals surface area contributed by atoms with Gasteiger partial charge >= 0.3 is 18.1 Å². The average Bonchev–Trinajstić information content (AvgIpc) is 3.33. The molecule has 0 aliphatic carbocycles. The Balaban J connectivity index is 1.32. The molecule has 0 unspecified atom stereocenters. The van der Waals surface area contributed by atoms with Crippen LogP contribution in [0.1, 0.15) is 24.3 Å². The molecule has 1 aromatic heterocycles. The molecule has 1 spiro atoms. The van der Waals surface area contributed by atoms with Crippen LogP contribution in [0.2, 0.25) is 0 Å². The summed E-state index contributed by atoms with van der Waals surface area (Å²) in [7, 11) is 0. The predicted molar refractivity (Wildman–Crippen MR) is 119 cm³/mol. The lowest BCUT2D eigenvalue weighted by molar-refractivity contribution is -0.156. The Morgan fingerprint density at radius 3 is 2.26 bits per heavy atom. The third kappa shape index (κ3) is 4.50. The minimum absolute atomic E-state index is 0.0517. The third-order valence-electron chi connectivity index (χ3n) is 6.60. The molecule has 178 valence electrons. The molecule has 3 aromatic rings. The Morgan fingerprint density at radius 1 is 1.03 bits per heavy atom. The van der Waals surface area contributed by atoms with Crippen LogP contribution in [0.5, 0.6) is 0 Å². The van der Waals surface area contributed by atoms with Gasteiger partial charge in [0.05, 0.1) is 6.54 Å². The summed E-state index contributed by atoms with van der Waals surface area (Å²) in [5.41, 5.74) is 2.33. The molecule has 34 heavy (non-hydrogen) atoms. The van der Waals surface area contributed by atoms with Crippen LogP contribution in [0, 0.1) is 5.41 Å². The van der Waals surface area contributed by atoms with E-state index in [1.54, 1.807) is 29.2 Å². The van der Waals surface area contributed by atoms with Gasteiger partial charge in [-0.15, -0.1) is 10.2 Å². The summed E-state index contributed by atoms with van der Waals surface area (Å²) in [5, 5.41) is 9.89. The summed E-state index contributed by atoms with van der Waals surface area (Å²) in [6.07, 6.45) is -2.70. The van der Waals surface area contributed by atoms with Crippen LogP contribution in [0.25, 0.3) is 11.5 Å². The van der Waals surface area contributed by atoms with Gasteiger partial charge in [-0.3, -0.25) is 4.90 Å². The quantitative estimate of drug-likeness (QED) is 0.604. The zero-order valence-electron chi connectivity index (χ0n) is 18.4. The van der Waals surface area contributed by atoms with Crippen LogP contribution in [0.15, 0.2) is 59.0 Å². The van der Waals surface area contributed by atoms with Crippen molar-refractivity contribution in [2.75, 3.05) is 31.1 Å². The first-order valence-electron chi connectivity index (χ1n) is 11.2. The summed E-state index contributed by atoms with van der Waals surface area (Å²) in [5.74, 6) is -1.59. The Labute approximate surface area is 194 Å². The molecular weight excluding hydrogens is 447 g/mol. The van der Waals surface area contributed by atoms with E-state index in [1.165, 1.54) is 0 Å². The van der Waals surface area contributed by atoms with Crippen molar-refractivity contribution in [3.8, 4) is 11.5 Å². The molecule has 0 bridgehead atoms. The Morgan fingerprint density at radius 2 is 1.71 bits per heavy atom. The van der Waals surface area contributed by atoms with Gasteiger partial charge in [-0.2, -0.15) is 13.2 Å². The Kier molecular flexibility index (Phi) is 5.76. The number of nitrogens with one attached hydrogen (secondary N) is 1. The van der Waals surface area contributed by atoms with E-state index in [9.17, 15) is 18.0 Å². The van der Waals surface area contributed by atoms with Gasteiger partial charge in [0.25, 0.3) is 0 Å². The molecular formula is C24H24F3N5O2. The number of aromatic nitrogens is 2. The maximum Gasteiger partial charge on any atom is 0.470 e. The molecule has 1 N–H and O–H groups in total. The van der Waals surface area contributed by atoms with Gasteiger partial charge in [0.2, 0.25) is 5.89 Å². The number of benzene rings is 2. The minimum atomic E-state index is -4.69. The molecule has 5 rings (SSSR count). The topological polar surface area (TPSA) is 74.5 Å². The number of rotatable bonds is 4. The van der Waals surface area contributed by atoms with Gasteiger partial charge < -0.3 is 14.6 Å². The second-order valence-electron chi connectivity index (χ2n) is 8.90. The van der Waals surface area contributed by atoms with Crippen molar-refractivity contribution < 1.29 is 22.4 Å². The molecule has 0 radical (unpaired) electrons. The Bertz CT molecular complexity index is 1130. The number of likely N-dealkylation sites (tertiary alicyclic amines) is 1. The lowest BCUT2D eigenvalue weighted by Crippen LogP contribution is -2.59. The normalized spacial score (nSPS) is 17.4. The fourth-order valence-electron chi connectivity index (χ4n) is 4.44. The fraction of sp³-hybridized carbons (Fsp3) is 0.375. The van der Waals surface area contributed by atoms with Crippen LogP contribution >= 0.6 is 0 Å². The van der Waals surface area contributed by atoms with Crippen molar-refractivity contribution in [1.29, 1.82) is 0 Å². The molecule has 0 atom stereocenters. The van der Waals surface area contributed by atoms with Gasteiger partial charge in [0, 0.05) is 37.4 Å². The number of alkyl halides is 3. The largest absolute Gasteiger partial charge is 0.470 e. The average molecular weight is 471 g/mol. The van der Waals surface area contributed by atoms with E-state index in [0.717, 1.165) is 50.3 Å². The first kappa shape index (κ1) is 22.4. The summed E-state index contributed by atoms with van der Waals surface area (Å²) in [6.45, 7) is 3.81. The lowest BCUT2D eigenvalue weighted by Gasteiger charge is -2.48. The molecule has 2 aliphatic heterocycles. The molecule has 0 saturated carbocycles. The second kappa shape index (κ2) is 8.75. The highest BCUT2D eigenvalue weighted by Gasteiger charge is 2.41. The van der Waals surface area contributed by atoms with E-state index < -0.39 is 12.1 Å². The van der Waals surface area contributed by atoms with E-state index in [1.807, 2.05) is 35.2 Å². The van der Waals surface area contributed by atoms with Crippen molar-refractivity contribution in [2.24, 2.45) is 5.41 Å². The van der Waals surface area contributed by atoms with Crippen molar-refractivity contribution in [3.63, 3.8) is 0 Å². The predicted octanol–water partition coefficient (Wildman–Crippen LogP) is 4.57. The van der Waals surface area contributed by atoms with Crippen LogP contribution < -0.4 is 10.2 Å². The standard InChI is InChI=1S/C24H24F3N5O2/c25-24(26,27)21-30-29-20(34-21)18-8-6-17(7-9-18)14-32(19-4-2-1-3-5-19)22(33)31-12-10-23(11-13-31)15-28-16-23/h1-9,28H,10-16H2. The molecule has 2 aromatic carbocycles. The van der Waals surface area contributed by atoms with E-state index >= 15 is 0 Å². The maximum atomic E-state index is 13.5. The van der Waals surface area contributed by atoms with Crippen molar-refractivity contribution in [1.82, 2.24) is 20.4 Å². The first-order valence-corrected chi connectivity index (χ1v) is 11.2. The highest BCUT2D eigenvalue weighted by Crippen LogP contribution is 2.36. The van der Waals surface area contributed by atoms with Crippen LogP contribution in [0.3, 0.4) is 0 Å². The van der Waals surface area contributed by atoms with Crippen molar-refractivity contribution in [3.05, 3.63) is 66.1 Å². The zero-order valence-corrected chi connectivity index (χ0v) is 18.4. The fourth-order valence-corrected chi connectivity index (χ4v) is 4.44. The summed E-state index contributed by atoms with van der Waals surface area (Å²) >= 11 is 0. The number of carbonyl (C=O) groups is 1. The Hall–Kier alpha value is -3.40. The lowest BCUT2D eigenvalue weighted by atomic mass is 9.73. The van der Waals surface area contributed by atoms with Gasteiger partial charge in [-0.25, -0.2) is 4.79 Å². The maximum absolute atomic E-state index is 13.5. The van der Waals surface area contributed by atoms with Crippen LogP contribution in [0.4, 0.5) is 23.7 Å². The van der Waals surface area contributed by atoms with Gasteiger partial charge in [0.1, 0.15) is 0 Å². The van der Waals surface area contributed by atoms with E-state index in [-0.39, 0.29) is 11.9 Å². The molecule has 2 fully saturated rings. The number of amides is 2. The molecule has 2 saturated heterocycles. The molecule has 10 heteroatoms. The highest BCUT2D eigenvalue weighted by molar-refractivity contribution is 5.92. The number of halogens is 3. The summed E-state index contributed by atoms with van der Waals surface area (Å²) in [6, 6.07) is 16.1. The number of anilines is 1. The van der Waals surface area contributed by atoms with Crippen LogP contribution in [-0.4, -0.2) is 47.3 Å². The first-order chi connectivity index (χ1) is 16.3. The molecule has 3 heterocycles. The second-order valence-corrected chi connectivity index (χ2v) is 8.90. The molecule has 7 nitrogen and oxygen atoms in total. The summed E-state index contributed by atoms with van der Waals surface area (Å²) < 4.78 is 43.0. The van der Waals surface area contributed by atoms with Gasteiger partial charge in [-0.05, 0) is 48.1 Å². The van der Waals surface area contributed by atoms with Crippen molar-refractivity contribution in [2.45, 2.75) is 25.6 Å². The zero-order chi connectivity index (χ0) is 23.8. The monoisotopic (exact) mass is 471 g/mol. The van der Waals surface area contributed by atoms with Crippen LogP contribution in [-0.2, 0) is 12.7 Å². The van der Waals surface area contributed by atoms with E-state index in [0.29, 0.717) is 17.5 Å². The number of hydrogen-bond acceptors (Lipinski definition) is 5. The third-order valence-corrected chi connectivity index (χ3v) is 6.60. The van der Waals surface area contributed by atoms with Gasteiger partial charge in [-0.1, -0.05) is 30.3 Å². The van der Waals surface area contributed by atoms with E-state index in [4.69, 9.17) is 4.42 Å². The number of urea groups is 1. The van der Waals surface area contributed by atoms with E-state index in [2.05, 4.69) is 15.5 Å². The number of para-hydroxylation sites is 1. The van der Waals surface area contributed by atoms with Gasteiger partial charge in [0.15, 0.2) is 0 Å². The highest BCUT2D eigenvalue weighted by atomic mass is 19.4. The smallest absolute Gasteiger partial charge is 0.413 e. The number of carbonyl (C=O) groups excluding carboxylic acids is 1. The van der Waals surface area contributed by atoms with Crippen molar-refractivity contribution >= 4 is 11.7 Å². The molecule has 2 aliphatic rings. The number of nitrogens with zero attached hydrogens (tertiary/aromatic N) is 4. The summed E-state index contributed by atoms with van der Waals surface area (Å²) in [4.78, 5) is 17.1. The minimum Gasteiger partial charge on any atom is -0.413 e. The number of hydrogen-bond donors (Lipinski definition) is 1. The molecule has 2 amide bonds.